The number of nitrogens with one attached hydrogen (secondary N) is 1. The van der Waals surface area contributed by atoms with Gasteiger partial charge in [0.15, 0.2) is 6.61 Å². The van der Waals surface area contributed by atoms with E-state index in [2.05, 4.69) is 10.1 Å². The highest BCUT2D eigenvalue weighted by atomic mass is 19.4. The van der Waals surface area contributed by atoms with Crippen molar-refractivity contribution in [3.8, 4) is 0 Å². The molecule has 0 aromatic rings. The molecule has 4 nitrogen and oxygen atoms in total. The Bertz CT molecular complexity index is 251. The summed E-state index contributed by atoms with van der Waals surface area (Å²) in [6.45, 7) is -1.61. The molecule has 1 atom stereocenters. The molecule has 7 heteroatoms. The van der Waals surface area contributed by atoms with Crippen molar-refractivity contribution in [3.05, 3.63) is 0 Å². The van der Waals surface area contributed by atoms with E-state index < -0.39 is 24.8 Å². The van der Waals surface area contributed by atoms with Crippen molar-refractivity contribution in [2.45, 2.75) is 25.1 Å². The molecule has 1 N–H and O–H groups in total. The minimum Gasteiger partial charge on any atom is -0.455 e. The molecule has 0 radical (unpaired) electrons. The molecule has 1 rings (SSSR count). The van der Waals surface area contributed by atoms with Gasteiger partial charge in [0.05, 0.1) is 0 Å². The van der Waals surface area contributed by atoms with E-state index in [0.29, 0.717) is 0 Å². The lowest BCUT2D eigenvalue weighted by molar-refractivity contribution is -0.187. The molecule has 80 valence electrons. The Kier molecular flexibility index (Phi) is 2.97. The van der Waals surface area contributed by atoms with Gasteiger partial charge in [0.1, 0.15) is 6.04 Å². The quantitative estimate of drug-likeness (QED) is 0.671. The summed E-state index contributed by atoms with van der Waals surface area (Å²) in [5, 5.41) is 2.21. The van der Waals surface area contributed by atoms with Gasteiger partial charge in [0.2, 0.25) is 5.91 Å². The first-order valence-corrected chi connectivity index (χ1v) is 3.91. The Morgan fingerprint density at radius 3 is 2.64 bits per heavy atom. The number of ether oxygens (including phenoxy) is 1. The van der Waals surface area contributed by atoms with Crippen molar-refractivity contribution in [1.29, 1.82) is 0 Å². The van der Waals surface area contributed by atoms with Gasteiger partial charge in [0.25, 0.3) is 0 Å². The summed E-state index contributed by atoms with van der Waals surface area (Å²) in [7, 11) is 0. The number of alkyl halides is 3. The smallest absolute Gasteiger partial charge is 0.422 e. The first kappa shape index (κ1) is 10.8. The van der Waals surface area contributed by atoms with Gasteiger partial charge in [-0.2, -0.15) is 13.2 Å². The third-order valence-electron chi connectivity index (χ3n) is 1.66. The minimum atomic E-state index is -4.53. The van der Waals surface area contributed by atoms with E-state index in [1.54, 1.807) is 0 Å². The van der Waals surface area contributed by atoms with Crippen molar-refractivity contribution < 1.29 is 27.5 Å². The van der Waals surface area contributed by atoms with Gasteiger partial charge in [-0.05, 0) is 6.42 Å². The summed E-state index contributed by atoms with van der Waals surface area (Å²) in [5.74, 6) is -1.38. The number of halogens is 3. The number of hydrogen-bond acceptors (Lipinski definition) is 3. The highest BCUT2D eigenvalue weighted by molar-refractivity contribution is 5.88. The lowest BCUT2D eigenvalue weighted by Gasteiger charge is -2.11. The van der Waals surface area contributed by atoms with Gasteiger partial charge < -0.3 is 10.1 Å². The van der Waals surface area contributed by atoms with Crippen molar-refractivity contribution in [3.63, 3.8) is 0 Å². The molecule has 0 aromatic carbocycles. The molecule has 0 aromatic heterocycles. The predicted molar refractivity (Wildman–Crippen MR) is 38.2 cm³/mol. The lowest BCUT2D eigenvalue weighted by atomic mass is 10.2. The zero-order chi connectivity index (χ0) is 10.8. The van der Waals surface area contributed by atoms with Crippen LogP contribution in [0.2, 0.25) is 0 Å². The van der Waals surface area contributed by atoms with Crippen LogP contribution in [0.25, 0.3) is 0 Å². The van der Waals surface area contributed by atoms with Crippen LogP contribution < -0.4 is 5.32 Å². The van der Waals surface area contributed by atoms with Gasteiger partial charge in [0, 0.05) is 6.42 Å². The maximum absolute atomic E-state index is 11.6. The maximum Gasteiger partial charge on any atom is 0.422 e. The number of hydrogen-bond donors (Lipinski definition) is 1. The Balaban J connectivity index is 2.32. The average molecular weight is 211 g/mol. The average Bonchev–Trinajstić information content (AvgIpc) is 2.46. The topological polar surface area (TPSA) is 55.4 Å². The Labute approximate surface area is 77.4 Å². The van der Waals surface area contributed by atoms with Gasteiger partial charge in [-0.25, -0.2) is 4.79 Å². The normalized spacial score (nSPS) is 21.9. The van der Waals surface area contributed by atoms with E-state index in [-0.39, 0.29) is 18.7 Å². The monoisotopic (exact) mass is 211 g/mol. The van der Waals surface area contributed by atoms with Crippen molar-refractivity contribution in [2.75, 3.05) is 6.61 Å². The number of amides is 1. The largest absolute Gasteiger partial charge is 0.455 e. The minimum absolute atomic E-state index is 0.145. The van der Waals surface area contributed by atoms with Gasteiger partial charge in [-0.15, -0.1) is 0 Å². The van der Waals surface area contributed by atoms with Crippen LogP contribution in [0.3, 0.4) is 0 Å². The summed E-state index contributed by atoms with van der Waals surface area (Å²) in [6.07, 6.45) is -4.19. The summed E-state index contributed by atoms with van der Waals surface area (Å²) in [4.78, 5) is 21.5. The Morgan fingerprint density at radius 1 is 1.57 bits per heavy atom. The molecule has 0 bridgehead atoms. The van der Waals surface area contributed by atoms with Gasteiger partial charge in [-0.1, -0.05) is 0 Å². The fraction of sp³-hybridized carbons (Fsp3) is 0.714. The number of carbonyl (C=O) groups is 2. The molecule has 1 amide bonds. The molecular weight excluding hydrogens is 203 g/mol. The third-order valence-corrected chi connectivity index (χ3v) is 1.66. The van der Waals surface area contributed by atoms with E-state index in [0.717, 1.165) is 0 Å². The molecule has 1 heterocycles. The zero-order valence-electron chi connectivity index (χ0n) is 7.06. The van der Waals surface area contributed by atoms with E-state index in [1.807, 2.05) is 0 Å². The summed E-state index contributed by atoms with van der Waals surface area (Å²) >= 11 is 0. The fourth-order valence-corrected chi connectivity index (χ4v) is 1.04. The van der Waals surface area contributed by atoms with Crippen LogP contribution in [-0.4, -0.2) is 30.7 Å². The molecule has 1 aliphatic rings. The second kappa shape index (κ2) is 3.85. The number of esters is 1. The van der Waals surface area contributed by atoms with E-state index in [1.165, 1.54) is 0 Å². The summed E-state index contributed by atoms with van der Waals surface area (Å²) < 4.78 is 38.8. The third kappa shape index (κ3) is 3.23. The summed E-state index contributed by atoms with van der Waals surface area (Å²) in [6, 6.07) is -0.926. The van der Waals surface area contributed by atoms with Crippen molar-refractivity contribution >= 4 is 11.9 Å². The zero-order valence-corrected chi connectivity index (χ0v) is 7.06. The first-order chi connectivity index (χ1) is 6.38. The van der Waals surface area contributed by atoms with Crippen LogP contribution in [0.4, 0.5) is 13.2 Å². The second-order valence-electron chi connectivity index (χ2n) is 2.88. The molecule has 1 unspecified atom stereocenters. The molecular formula is C7H8F3NO3. The van der Waals surface area contributed by atoms with E-state index >= 15 is 0 Å². The fourth-order valence-electron chi connectivity index (χ4n) is 1.04. The standard InChI is InChI=1S/C7H8F3NO3/c8-7(9,10)3-14-6(13)4-1-2-5(12)11-4/h4H,1-3H2,(H,11,12). The van der Waals surface area contributed by atoms with Crippen LogP contribution in [-0.2, 0) is 14.3 Å². The highest BCUT2D eigenvalue weighted by Gasteiger charge is 2.33. The van der Waals surface area contributed by atoms with Crippen LogP contribution in [0.1, 0.15) is 12.8 Å². The SMILES string of the molecule is O=C1CCC(C(=O)OCC(F)(F)F)N1. The summed E-state index contributed by atoms with van der Waals surface area (Å²) in [5.41, 5.74) is 0. The molecule has 0 spiro atoms. The molecule has 1 saturated heterocycles. The second-order valence-corrected chi connectivity index (χ2v) is 2.88. The van der Waals surface area contributed by atoms with Crippen LogP contribution >= 0.6 is 0 Å². The van der Waals surface area contributed by atoms with Crippen LogP contribution in [0, 0.1) is 0 Å². The van der Waals surface area contributed by atoms with Crippen molar-refractivity contribution in [1.82, 2.24) is 5.32 Å². The molecule has 1 fully saturated rings. The van der Waals surface area contributed by atoms with Gasteiger partial charge in [-0.3, -0.25) is 4.79 Å². The first-order valence-electron chi connectivity index (χ1n) is 3.91. The Morgan fingerprint density at radius 2 is 2.21 bits per heavy atom. The molecule has 1 aliphatic heterocycles. The number of carbonyl (C=O) groups excluding carboxylic acids is 2. The maximum atomic E-state index is 11.6. The molecule has 0 saturated carbocycles. The van der Waals surface area contributed by atoms with E-state index in [4.69, 9.17) is 0 Å². The van der Waals surface area contributed by atoms with Gasteiger partial charge >= 0.3 is 12.1 Å². The highest BCUT2D eigenvalue weighted by Crippen LogP contribution is 2.16. The number of rotatable bonds is 2. The molecule has 0 aliphatic carbocycles. The molecule has 14 heavy (non-hydrogen) atoms. The van der Waals surface area contributed by atoms with Crippen LogP contribution in [0.5, 0.6) is 0 Å². The Hall–Kier alpha value is -1.27. The lowest BCUT2D eigenvalue weighted by Crippen LogP contribution is -2.36. The van der Waals surface area contributed by atoms with Crippen molar-refractivity contribution in [2.24, 2.45) is 0 Å². The van der Waals surface area contributed by atoms with E-state index in [9.17, 15) is 22.8 Å². The van der Waals surface area contributed by atoms with Crippen LogP contribution in [0.15, 0.2) is 0 Å². The predicted octanol–water partition coefficient (Wildman–Crippen LogP) is 0.370.